The van der Waals surface area contributed by atoms with Gasteiger partial charge in [0.15, 0.2) is 5.65 Å². The topological polar surface area (TPSA) is 64.7 Å². The SMILES string of the molecule is Cn1cc2c3cc(C(=O)NCCc4cccc(F)n4)ccc3n(-c3ccc(C(F)(F)F)cc3)c2n1. The Labute approximate surface area is 196 Å². The molecule has 0 fully saturated rings. The molecule has 3 aromatic heterocycles. The van der Waals surface area contributed by atoms with E-state index < -0.39 is 17.7 Å². The maximum atomic E-state index is 13.2. The molecule has 5 aromatic rings. The summed E-state index contributed by atoms with van der Waals surface area (Å²) in [6, 6.07) is 14.5. The molecule has 0 atom stereocenters. The largest absolute Gasteiger partial charge is 0.416 e. The molecule has 0 saturated heterocycles. The van der Waals surface area contributed by atoms with Gasteiger partial charge >= 0.3 is 6.18 Å². The molecule has 2 aromatic carbocycles. The van der Waals surface area contributed by atoms with E-state index in [1.54, 1.807) is 52.8 Å². The molecule has 0 radical (unpaired) electrons. The van der Waals surface area contributed by atoms with Crippen molar-refractivity contribution in [3.05, 3.63) is 89.6 Å². The number of carbonyl (C=O) groups is 1. The van der Waals surface area contributed by atoms with Gasteiger partial charge in [0.1, 0.15) is 0 Å². The van der Waals surface area contributed by atoms with Gasteiger partial charge in [0, 0.05) is 53.9 Å². The lowest BCUT2D eigenvalue weighted by molar-refractivity contribution is -0.137. The van der Waals surface area contributed by atoms with E-state index >= 15 is 0 Å². The van der Waals surface area contributed by atoms with Crippen molar-refractivity contribution in [1.29, 1.82) is 0 Å². The summed E-state index contributed by atoms with van der Waals surface area (Å²) >= 11 is 0. The zero-order chi connectivity index (χ0) is 24.7. The summed E-state index contributed by atoms with van der Waals surface area (Å²) in [5.74, 6) is -0.875. The Balaban J connectivity index is 1.46. The minimum Gasteiger partial charge on any atom is -0.352 e. The van der Waals surface area contributed by atoms with Crippen molar-refractivity contribution < 1.29 is 22.4 Å². The van der Waals surface area contributed by atoms with Gasteiger partial charge in [-0.25, -0.2) is 4.98 Å². The second kappa shape index (κ2) is 8.53. The molecule has 35 heavy (non-hydrogen) atoms. The van der Waals surface area contributed by atoms with Gasteiger partial charge in [0.05, 0.1) is 11.1 Å². The Morgan fingerprint density at radius 2 is 1.80 bits per heavy atom. The molecule has 0 aliphatic carbocycles. The van der Waals surface area contributed by atoms with Crippen LogP contribution in [0.15, 0.2) is 66.9 Å². The molecule has 10 heteroatoms. The van der Waals surface area contributed by atoms with Gasteiger partial charge in [-0.3, -0.25) is 14.0 Å². The van der Waals surface area contributed by atoms with Gasteiger partial charge in [-0.2, -0.15) is 22.7 Å². The van der Waals surface area contributed by atoms with E-state index in [1.165, 1.54) is 18.2 Å². The summed E-state index contributed by atoms with van der Waals surface area (Å²) in [5, 5.41) is 8.80. The molecule has 178 valence electrons. The molecular formula is C25H19F4N5O. The van der Waals surface area contributed by atoms with Crippen LogP contribution in [0.5, 0.6) is 0 Å². The number of rotatable bonds is 5. The lowest BCUT2D eigenvalue weighted by Gasteiger charge is -2.10. The quantitative estimate of drug-likeness (QED) is 0.283. The Morgan fingerprint density at radius 3 is 2.51 bits per heavy atom. The van der Waals surface area contributed by atoms with Gasteiger partial charge in [-0.1, -0.05) is 6.07 Å². The minimum absolute atomic E-state index is 0.280. The summed E-state index contributed by atoms with van der Waals surface area (Å²) < 4.78 is 55.7. The van der Waals surface area contributed by atoms with Gasteiger partial charge in [-0.15, -0.1) is 0 Å². The minimum atomic E-state index is -4.43. The Hall–Kier alpha value is -4.21. The van der Waals surface area contributed by atoms with E-state index in [0.717, 1.165) is 22.9 Å². The lowest BCUT2D eigenvalue weighted by atomic mass is 10.1. The number of alkyl halides is 3. The van der Waals surface area contributed by atoms with Crippen molar-refractivity contribution in [2.24, 2.45) is 7.05 Å². The van der Waals surface area contributed by atoms with Crippen molar-refractivity contribution >= 4 is 27.8 Å². The highest BCUT2D eigenvalue weighted by Gasteiger charge is 2.30. The first-order chi connectivity index (χ1) is 16.7. The van der Waals surface area contributed by atoms with E-state index in [0.29, 0.717) is 34.5 Å². The normalized spacial score (nSPS) is 11.9. The summed E-state index contributed by atoms with van der Waals surface area (Å²) in [5.41, 5.74) is 2.02. The van der Waals surface area contributed by atoms with E-state index in [1.807, 2.05) is 0 Å². The first kappa shape index (κ1) is 22.6. The second-order valence-corrected chi connectivity index (χ2v) is 8.11. The molecule has 5 rings (SSSR count). The van der Waals surface area contributed by atoms with Crippen molar-refractivity contribution in [3.8, 4) is 5.69 Å². The van der Waals surface area contributed by atoms with Crippen LogP contribution >= 0.6 is 0 Å². The van der Waals surface area contributed by atoms with Crippen LogP contribution in [0.4, 0.5) is 17.6 Å². The first-order valence-corrected chi connectivity index (χ1v) is 10.8. The fourth-order valence-electron chi connectivity index (χ4n) is 4.09. The third-order valence-electron chi connectivity index (χ3n) is 5.70. The Kier molecular flexibility index (Phi) is 5.50. The van der Waals surface area contributed by atoms with Crippen molar-refractivity contribution in [2.75, 3.05) is 6.54 Å². The van der Waals surface area contributed by atoms with Gasteiger partial charge in [0.25, 0.3) is 5.91 Å². The third-order valence-corrected chi connectivity index (χ3v) is 5.70. The average molecular weight is 481 g/mol. The van der Waals surface area contributed by atoms with Crippen molar-refractivity contribution in [1.82, 2.24) is 24.6 Å². The summed E-state index contributed by atoms with van der Waals surface area (Å²) in [4.78, 5) is 16.5. The van der Waals surface area contributed by atoms with Crippen LogP contribution < -0.4 is 5.32 Å². The fourth-order valence-corrected chi connectivity index (χ4v) is 4.09. The van der Waals surface area contributed by atoms with Gasteiger partial charge in [-0.05, 0) is 54.6 Å². The molecule has 0 aliphatic rings. The Bertz CT molecular complexity index is 1550. The lowest BCUT2D eigenvalue weighted by Crippen LogP contribution is -2.25. The molecule has 0 saturated carbocycles. The van der Waals surface area contributed by atoms with Crippen LogP contribution in [0.1, 0.15) is 21.6 Å². The zero-order valence-corrected chi connectivity index (χ0v) is 18.5. The van der Waals surface area contributed by atoms with Crippen molar-refractivity contribution in [3.63, 3.8) is 0 Å². The maximum Gasteiger partial charge on any atom is 0.416 e. The standard InChI is InChI=1S/C25H19F4N5O/c1-33-14-20-19-13-15(24(35)30-12-11-17-3-2-4-22(26)31-17)5-10-21(19)34(23(20)32-33)18-8-6-16(7-9-18)25(27,28)29/h2-10,13-14H,11-12H2,1H3,(H,30,35). The molecule has 1 N–H and O–H groups in total. The number of aromatic nitrogens is 4. The number of pyridine rings is 1. The number of benzene rings is 2. The monoisotopic (exact) mass is 481 g/mol. The smallest absolute Gasteiger partial charge is 0.352 e. The van der Waals surface area contributed by atoms with E-state index in [2.05, 4.69) is 15.4 Å². The number of hydrogen-bond donors (Lipinski definition) is 1. The predicted octanol–water partition coefficient (Wildman–Crippen LogP) is 5.04. The van der Waals surface area contributed by atoms with Crippen LogP contribution in [0, 0.1) is 5.95 Å². The number of amides is 1. The summed E-state index contributed by atoms with van der Waals surface area (Å²) in [6.07, 6.45) is -2.25. The van der Waals surface area contributed by atoms with Gasteiger partial charge in [0.2, 0.25) is 5.95 Å². The molecule has 0 spiro atoms. The molecule has 3 heterocycles. The molecule has 6 nitrogen and oxygen atoms in total. The van der Waals surface area contributed by atoms with Crippen LogP contribution in [0.2, 0.25) is 0 Å². The number of fused-ring (bicyclic) bond motifs is 3. The number of halogens is 4. The number of aryl methyl sites for hydroxylation is 1. The molecule has 0 bridgehead atoms. The number of nitrogens with one attached hydrogen (secondary N) is 1. The fraction of sp³-hybridized carbons (Fsp3) is 0.160. The molecule has 1 amide bonds. The molecule has 0 unspecified atom stereocenters. The number of carbonyl (C=O) groups excluding carboxylic acids is 1. The highest BCUT2D eigenvalue weighted by molar-refractivity contribution is 6.10. The van der Waals surface area contributed by atoms with E-state index in [9.17, 15) is 22.4 Å². The Morgan fingerprint density at radius 1 is 1.03 bits per heavy atom. The van der Waals surface area contributed by atoms with Crippen LogP contribution in [-0.4, -0.2) is 31.8 Å². The maximum absolute atomic E-state index is 13.2. The van der Waals surface area contributed by atoms with Crippen molar-refractivity contribution in [2.45, 2.75) is 12.6 Å². The van der Waals surface area contributed by atoms with E-state index in [-0.39, 0.29) is 12.5 Å². The highest BCUT2D eigenvalue weighted by Crippen LogP contribution is 2.34. The molecule has 0 aliphatic heterocycles. The van der Waals surface area contributed by atoms with E-state index in [4.69, 9.17) is 0 Å². The average Bonchev–Trinajstić information content (AvgIpc) is 3.33. The summed E-state index contributed by atoms with van der Waals surface area (Å²) in [7, 11) is 1.75. The number of nitrogens with zero attached hydrogens (tertiary/aromatic N) is 4. The van der Waals surface area contributed by atoms with Crippen LogP contribution in [0.25, 0.3) is 27.6 Å². The second-order valence-electron chi connectivity index (χ2n) is 8.11. The van der Waals surface area contributed by atoms with Crippen LogP contribution in [0.3, 0.4) is 0 Å². The first-order valence-electron chi connectivity index (χ1n) is 10.8. The third kappa shape index (κ3) is 4.34. The molecular weight excluding hydrogens is 462 g/mol. The van der Waals surface area contributed by atoms with Crippen LogP contribution in [-0.2, 0) is 19.6 Å². The zero-order valence-electron chi connectivity index (χ0n) is 18.5. The predicted molar refractivity (Wildman–Crippen MR) is 123 cm³/mol. The summed E-state index contributed by atoms with van der Waals surface area (Å²) in [6.45, 7) is 0.280. The van der Waals surface area contributed by atoms with Gasteiger partial charge < -0.3 is 5.32 Å². The highest BCUT2D eigenvalue weighted by atomic mass is 19.4. The number of hydrogen-bond acceptors (Lipinski definition) is 3.